The molecule has 4 amide bonds. The van der Waals surface area contributed by atoms with Gasteiger partial charge < -0.3 is 15.0 Å². The summed E-state index contributed by atoms with van der Waals surface area (Å²) in [5.74, 6) is -0.555. The number of carbonyl (C=O) groups is 4. The number of hydrogen-bond acceptors (Lipinski definition) is 6. The zero-order valence-corrected chi connectivity index (χ0v) is 20.2. The van der Waals surface area contributed by atoms with Gasteiger partial charge in [-0.15, -0.1) is 0 Å². The summed E-state index contributed by atoms with van der Waals surface area (Å²) in [6, 6.07) is 6.22. The molecular weight excluding hydrogens is 460 g/mol. The van der Waals surface area contributed by atoms with Crippen LogP contribution in [0.5, 0.6) is 0 Å². The zero-order chi connectivity index (χ0) is 24.3. The molecule has 0 aromatic heterocycles. The number of rotatable bonds is 7. The smallest absolute Gasteiger partial charge is 0.327 e. The fraction of sp³-hybridized carbons (Fsp3) is 0.583. The van der Waals surface area contributed by atoms with Crippen molar-refractivity contribution in [3.63, 3.8) is 0 Å². The molecular formula is C24H31ClN4O5. The predicted octanol–water partition coefficient (Wildman–Crippen LogP) is 2.34. The van der Waals surface area contributed by atoms with E-state index in [2.05, 4.69) is 5.32 Å². The maximum absolute atomic E-state index is 12.8. The van der Waals surface area contributed by atoms with Crippen LogP contribution in [0.15, 0.2) is 24.3 Å². The number of carbonyl (C=O) groups excluding carboxylic acids is 4. The number of imide groups is 1. The highest BCUT2D eigenvalue weighted by Gasteiger charge is 2.52. The van der Waals surface area contributed by atoms with E-state index in [0.717, 1.165) is 12.8 Å². The summed E-state index contributed by atoms with van der Waals surface area (Å²) in [4.78, 5) is 55.3. The van der Waals surface area contributed by atoms with Crippen molar-refractivity contribution in [2.75, 3.05) is 39.8 Å². The molecule has 9 nitrogen and oxygen atoms in total. The second kappa shape index (κ2) is 10.3. The van der Waals surface area contributed by atoms with Crippen molar-refractivity contribution in [1.82, 2.24) is 20.0 Å². The minimum Gasteiger partial charge on any atom is -0.468 e. The minimum absolute atomic E-state index is 0.0188. The zero-order valence-electron chi connectivity index (χ0n) is 19.4. The van der Waals surface area contributed by atoms with Crippen LogP contribution in [0.1, 0.15) is 50.1 Å². The normalized spacial score (nSPS) is 21.1. The van der Waals surface area contributed by atoms with E-state index in [1.807, 2.05) is 23.1 Å². The molecule has 2 saturated heterocycles. The number of esters is 1. The number of piperazine rings is 1. The molecule has 3 fully saturated rings. The lowest BCUT2D eigenvalue weighted by Gasteiger charge is -2.38. The van der Waals surface area contributed by atoms with Gasteiger partial charge in [-0.05, 0) is 30.9 Å². The summed E-state index contributed by atoms with van der Waals surface area (Å²) >= 11 is 6.33. The van der Waals surface area contributed by atoms with Crippen LogP contribution in [0.3, 0.4) is 0 Å². The number of nitrogens with one attached hydrogen (secondary N) is 1. The predicted molar refractivity (Wildman–Crippen MR) is 125 cm³/mol. The number of ether oxygens (including phenoxy) is 1. The molecule has 1 aromatic carbocycles. The van der Waals surface area contributed by atoms with Crippen molar-refractivity contribution in [3.8, 4) is 0 Å². The number of amides is 4. The molecule has 1 aromatic rings. The number of methoxy groups -OCH3 is 1. The van der Waals surface area contributed by atoms with E-state index in [1.54, 1.807) is 11.0 Å². The van der Waals surface area contributed by atoms with Crippen LogP contribution in [-0.4, -0.2) is 83.9 Å². The average Bonchev–Trinajstić information content (AvgIpc) is 3.40. The lowest BCUT2D eigenvalue weighted by molar-refractivity contribution is -0.148. The van der Waals surface area contributed by atoms with Crippen LogP contribution in [0.2, 0.25) is 5.02 Å². The number of nitrogens with zero attached hydrogens (tertiary/aromatic N) is 3. The van der Waals surface area contributed by atoms with Crippen LogP contribution in [-0.2, 0) is 19.1 Å². The lowest BCUT2D eigenvalue weighted by Crippen LogP contribution is -2.51. The van der Waals surface area contributed by atoms with Crippen LogP contribution in [0.4, 0.5) is 4.79 Å². The largest absolute Gasteiger partial charge is 0.468 e. The fourth-order valence-corrected chi connectivity index (χ4v) is 5.49. The summed E-state index contributed by atoms with van der Waals surface area (Å²) in [7, 11) is 1.35. The maximum atomic E-state index is 12.8. The molecule has 0 bridgehead atoms. The second-order valence-electron chi connectivity index (χ2n) is 9.14. The van der Waals surface area contributed by atoms with Crippen LogP contribution < -0.4 is 5.32 Å². The van der Waals surface area contributed by atoms with Crippen molar-refractivity contribution >= 4 is 35.4 Å². The monoisotopic (exact) mass is 490 g/mol. The molecule has 3 aliphatic rings. The van der Waals surface area contributed by atoms with Gasteiger partial charge in [0, 0.05) is 44.2 Å². The van der Waals surface area contributed by atoms with E-state index >= 15 is 0 Å². The molecule has 0 radical (unpaired) electrons. The third kappa shape index (κ3) is 4.77. The summed E-state index contributed by atoms with van der Waals surface area (Å²) in [5.41, 5.74) is -0.0284. The van der Waals surface area contributed by atoms with E-state index in [0.29, 0.717) is 56.0 Å². The fourth-order valence-electron chi connectivity index (χ4n) is 5.25. The van der Waals surface area contributed by atoms with Crippen molar-refractivity contribution in [3.05, 3.63) is 34.9 Å². The van der Waals surface area contributed by atoms with E-state index in [4.69, 9.17) is 16.3 Å². The average molecular weight is 491 g/mol. The Morgan fingerprint density at radius 1 is 1.12 bits per heavy atom. The Labute approximate surface area is 204 Å². The second-order valence-corrected chi connectivity index (χ2v) is 9.55. The molecule has 2 aliphatic heterocycles. The van der Waals surface area contributed by atoms with Gasteiger partial charge in [-0.2, -0.15) is 0 Å². The molecule has 184 valence electrons. The molecule has 4 rings (SSSR count). The Morgan fingerprint density at radius 2 is 1.79 bits per heavy atom. The van der Waals surface area contributed by atoms with Crippen molar-refractivity contribution in [1.29, 1.82) is 0 Å². The third-order valence-corrected chi connectivity index (χ3v) is 7.48. The summed E-state index contributed by atoms with van der Waals surface area (Å²) in [5, 5.41) is 3.36. The Bertz CT molecular complexity index is 956. The molecule has 34 heavy (non-hydrogen) atoms. The van der Waals surface area contributed by atoms with E-state index < -0.39 is 11.6 Å². The molecule has 1 aliphatic carbocycles. The van der Waals surface area contributed by atoms with Gasteiger partial charge in [-0.25, -0.2) is 9.59 Å². The topological polar surface area (TPSA) is 99.3 Å². The number of benzene rings is 1. The molecule has 1 N–H and O–H groups in total. The third-order valence-electron chi connectivity index (χ3n) is 7.13. The van der Waals surface area contributed by atoms with Gasteiger partial charge in [0.2, 0.25) is 5.91 Å². The SMILES string of the molecule is COC(=O)C(c1ccccc1Cl)N1CCN(C(=O)CCCN2C(=O)NC3(CCCC3)C2=O)CC1. The molecule has 1 atom stereocenters. The van der Waals surface area contributed by atoms with Gasteiger partial charge >= 0.3 is 12.0 Å². The standard InChI is InChI=1S/C24H31ClN4O5/c1-34-21(31)20(17-7-2-3-8-18(17)25)28-15-13-27(14-16-28)19(30)9-6-12-29-22(32)24(26-23(29)33)10-4-5-11-24/h2-3,7-8,20H,4-6,9-16H2,1H3,(H,26,33). The molecule has 2 heterocycles. The van der Waals surface area contributed by atoms with Crippen molar-refractivity contribution in [2.24, 2.45) is 0 Å². The van der Waals surface area contributed by atoms with Crippen molar-refractivity contribution < 1.29 is 23.9 Å². The maximum Gasteiger partial charge on any atom is 0.327 e. The lowest BCUT2D eigenvalue weighted by atomic mass is 9.98. The Hall–Kier alpha value is -2.65. The quantitative estimate of drug-likeness (QED) is 0.465. The van der Waals surface area contributed by atoms with Gasteiger partial charge in [0.1, 0.15) is 11.6 Å². The number of urea groups is 1. The Balaban J connectivity index is 1.28. The van der Waals surface area contributed by atoms with Gasteiger partial charge in [0.15, 0.2) is 0 Å². The first-order valence-corrected chi connectivity index (χ1v) is 12.2. The first kappa shape index (κ1) is 24.5. The number of halogens is 1. The molecule has 1 saturated carbocycles. The highest BCUT2D eigenvalue weighted by atomic mass is 35.5. The molecule has 10 heteroatoms. The van der Waals surface area contributed by atoms with E-state index in [9.17, 15) is 19.2 Å². The van der Waals surface area contributed by atoms with Gasteiger partial charge in [0.25, 0.3) is 5.91 Å². The first-order chi connectivity index (χ1) is 16.4. The Kier molecular flexibility index (Phi) is 7.42. The van der Waals surface area contributed by atoms with Crippen LogP contribution in [0.25, 0.3) is 0 Å². The molecule has 1 spiro atoms. The summed E-state index contributed by atoms with van der Waals surface area (Å²) in [6.07, 6.45) is 3.96. The van der Waals surface area contributed by atoms with Crippen LogP contribution in [0, 0.1) is 0 Å². The highest BCUT2D eigenvalue weighted by molar-refractivity contribution is 6.31. The first-order valence-electron chi connectivity index (χ1n) is 11.8. The summed E-state index contributed by atoms with van der Waals surface area (Å²) in [6.45, 7) is 2.21. The van der Waals surface area contributed by atoms with E-state index in [1.165, 1.54) is 12.0 Å². The van der Waals surface area contributed by atoms with Gasteiger partial charge in [-0.3, -0.25) is 19.4 Å². The van der Waals surface area contributed by atoms with Crippen molar-refractivity contribution in [2.45, 2.75) is 50.1 Å². The van der Waals surface area contributed by atoms with E-state index in [-0.39, 0.29) is 36.8 Å². The Morgan fingerprint density at radius 3 is 2.44 bits per heavy atom. The van der Waals surface area contributed by atoms with Gasteiger partial charge in [-0.1, -0.05) is 42.6 Å². The summed E-state index contributed by atoms with van der Waals surface area (Å²) < 4.78 is 5.02. The van der Waals surface area contributed by atoms with Gasteiger partial charge in [0.05, 0.1) is 7.11 Å². The molecule has 1 unspecified atom stereocenters. The minimum atomic E-state index is -0.713. The number of hydrogen-bond donors (Lipinski definition) is 1. The van der Waals surface area contributed by atoms with Crippen LogP contribution >= 0.6 is 11.6 Å². The highest BCUT2D eigenvalue weighted by Crippen LogP contribution is 2.35.